The van der Waals surface area contributed by atoms with Crippen molar-refractivity contribution >= 4 is 56.8 Å². The molecular formula is C52H76F4N6O18S. The molecule has 456 valence electrons. The molecule has 2 amide bonds. The van der Waals surface area contributed by atoms with Crippen molar-refractivity contribution in [1.29, 1.82) is 0 Å². The number of esters is 1. The molecule has 0 atom stereocenters. The molecule has 24 nitrogen and oxygen atoms in total. The Hall–Kier alpha value is -5.54. The van der Waals surface area contributed by atoms with Crippen LogP contribution >= 0.6 is 0 Å². The number of rotatable bonds is 44. The monoisotopic (exact) mass is 1180 g/mol. The van der Waals surface area contributed by atoms with Crippen molar-refractivity contribution in [1.82, 2.24) is 10.4 Å². The first kappa shape index (κ1) is 69.7. The van der Waals surface area contributed by atoms with Crippen LogP contribution in [0, 0.1) is 23.3 Å². The molecule has 1 heterocycles. The van der Waals surface area contributed by atoms with Crippen LogP contribution in [0.2, 0.25) is 0 Å². The van der Waals surface area contributed by atoms with E-state index in [-0.39, 0.29) is 70.1 Å². The van der Waals surface area contributed by atoms with Crippen molar-refractivity contribution < 1.29 is 102 Å². The van der Waals surface area contributed by atoms with Crippen molar-refractivity contribution in [3.8, 4) is 5.75 Å². The molecule has 0 saturated carbocycles. The minimum absolute atomic E-state index is 0.0135. The lowest BCUT2D eigenvalue weighted by Gasteiger charge is -2.21. The standard InChI is InChI=1S/C52H76F4N6O18S/c1-5-12-62(79-7-3)52(65)38-33-36-8-9-37(34-40(36)61-41(58)35-38)43(39(57)6-2)48(59-4)51(64)60-11-14-70-16-18-72-20-22-74-24-26-76-28-30-78-32-31-77-29-27-75-25-23-73-21-19-71-17-15-69-13-10-42(63)80-49-44(53)46(55)50(81(66,67)68)47(56)45(49)54/h8-9,33-34H,5-7,10-32,35,57H2,1-4H3,(H2,58,61)(H,60,64)(H,66,67,68)/b43-39-,59-48?. The molecule has 2 aromatic carbocycles. The van der Waals surface area contributed by atoms with Crippen LogP contribution in [0.1, 0.15) is 57.6 Å². The molecule has 3 rings (SSSR count). The molecule has 81 heavy (non-hydrogen) atoms. The maximum Gasteiger partial charge on any atom is 0.313 e. The molecule has 1 aliphatic rings. The van der Waals surface area contributed by atoms with Crippen molar-refractivity contribution in [2.24, 2.45) is 21.5 Å². The van der Waals surface area contributed by atoms with E-state index in [1.165, 1.54) is 12.1 Å². The molecule has 1 aliphatic heterocycles. The van der Waals surface area contributed by atoms with E-state index >= 15 is 0 Å². The summed E-state index contributed by atoms with van der Waals surface area (Å²) in [5.74, 6) is -13.1. The van der Waals surface area contributed by atoms with Crippen LogP contribution < -0.4 is 21.5 Å². The molecule has 0 aromatic heterocycles. The second-order valence-corrected chi connectivity index (χ2v) is 18.2. The van der Waals surface area contributed by atoms with Gasteiger partial charge in [-0.15, -0.1) is 0 Å². The maximum absolute atomic E-state index is 14.0. The first-order valence-electron chi connectivity index (χ1n) is 26.2. The van der Waals surface area contributed by atoms with Gasteiger partial charge in [0.05, 0.1) is 151 Å². The molecule has 6 N–H and O–H groups in total. The zero-order valence-electron chi connectivity index (χ0n) is 46.2. The number of aliphatic imine (C=N–C) groups is 2. The Morgan fingerprint density at radius 1 is 0.704 bits per heavy atom. The van der Waals surface area contributed by atoms with Gasteiger partial charge in [-0.05, 0) is 37.5 Å². The fourth-order valence-electron chi connectivity index (χ4n) is 7.03. The van der Waals surface area contributed by atoms with E-state index in [0.29, 0.717) is 146 Å². The van der Waals surface area contributed by atoms with Crippen LogP contribution in [0.15, 0.2) is 44.3 Å². The maximum atomic E-state index is 14.0. The molecular weight excluding hydrogens is 1100 g/mol. The third kappa shape index (κ3) is 25.6. The summed E-state index contributed by atoms with van der Waals surface area (Å²) in [5.41, 5.74) is 16.1. The van der Waals surface area contributed by atoms with E-state index in [9.17, 15) is 40.4 Å². The molecule has 0 unspecified atom stereocenters. The van der Waals surface area contributed by atoms with Gasteiger partial charge in [0.25, 0.3) is 11.8 Å². The molecule has 0 bridgehead atoms. The highest BCUT2D eigenvalue weighted by molar-refractivity contribution is 7.85. The number of nitrogens with two attached hydrogens (primary N) is 2. The first-order chi connectivity index (χ1) is 39.0. The number of hydroxylamine groups is 2. The van der Waals surface area contributed by atoms with E-state index < -0.39 is 62.3 Å². The molecule has 0 aliphatic carbocycles. The number of amidine groups is 1. The quantitative estimate of drug-likeness (QED) is 0.0107. The molecule has 0 spiro atoms. The molecule has 2 aromatic rings. The highest BCUT2D eigenvalue weighted by atomic mass is 32.2. The Kier molecular flexibility index (Phi) is 34.3. The average molecular weight is 1180 g/mol. The van der Waals surface area contributed by atoms with Gasteiger partial charge in [0.15, 0.2) is 16.5 Å². The van der Waals surface area contributed by atoms with Gasteiger partial charge in [0, 0.05) is 49.0 Å². The van der Waals surface area contributed by atoms with Gasteiger partial charge < -0.3 is 68.9 Å². The number of halogens is 4. The summed E-state index contributed by atoms with van der Waals surface area (Å²) >= 11 is 0. The number of hydrogen-bond donors (Lipinski definition) is 4. The van der Waals surface area contributed by atoms with Gasteiger partial charge in [-0.3, -0.25) is 28.8 Å². The lowest BCUT2D eigenvalue weighted by atomic mass is 9.95. The average Bonchev–Trinajstić information content (AvgIpc) is 3.77. The second kappa shape index (κ2) is 39.8. The van der Waals surface area contributed by atoms with Crippen LogP contribution in [0.25, 0.3) is 11.6 Å². The molecule has 0 radical (unpaired) electrons. The van der Waals surface area contributed by atoms with E-state index in [2.05, 4.69) is 20.0 Å². The van der Waals surface area contributed by atoms with Crippen molar-refractivity contribution in [2.75, 3.05) is 159 Å². The number of carbonyl (C=O) groups is 3. The Labute approximate surface area is 469 Å². The van der Waals surface area contributed by atoms with Crippen LogP contribution in [0.3, 0.4) is 0 Å². The topological polar surface area (TPSA) is 308 Å². The predicted octanol–water partition coefficient (Wildman–Crippen LogP) is 3.88. The number of hydrogen-bond acceptors (Lipinski definition) is 21. The summed E-state index contributed by atoms with van der Waals surface area (Å²) in [6, 6.07) is 5.41. The van der Waals surface area contributed by atoms with E-state index in [1.54, 1.807) is 12.1 Å². The van der Waals surface area contributed by atoms with Crippen LogP contribution in [-0.2, 0) is 76.7 Å². The van der Waals surface area contributed by atoms with Crippen molar-refractivity contribution in [3.63, 3.8) is 0 Å². The fraction of sp³-hybridized carbons (Fsp3) is 0.596. The Morgan fingerprint density at radius 3 is 1.58 bits per heavy atom. The number of amides is 2. The van der Waals surface area contributed by atoms with Crippen LogP contribution in [-0.4, -0.2) is 206 Å². The van der Waals surface area contributed by atoms with Crippen molar-refractivity contribution in [2.45, 2.75) is 51.3 Å². The van der Waals surface area contributed by atoms with Gasteiger partial charge in [-0.1, -0.05) is 26.0 Å². The van der Waals surface area contributed by atoms with Crippen LogP contribution in [0.4, 0.5) is 23.2 Å². The Bertz CT molecular complexity index is 2490. The summed E-state index contributed by atoms with van der Waals surface area (Å²) in [4.78, 5) is 50.8. The number of carbonyl (C=O) groups excluding carboxylic acids is 3. The molecule has 0 fully saturated rings. The van der Waals surface area contributed by atoms with Crippen LogP contribution in [0.5, 0.6) is 5.75 Å². The number of fused-ring (bicyclic) bond motifs is 1. The first-order valence-corrected chi connectivity index (χ1v) is 27.6. The third-order valence-electron chi connectivity index (χ3n) is 10.9. The summed E-state index contributed by atoms with van der Waals surface area (Å²) < 4.78 is 145. The van der Waals surface area contributed by atoms with Crippen molar-refractivity contribution in [3.05, 3.63) is 63.9 Å². The zero-order valence-corrected chi connectivity index (χ0v) is 47.0. The smallest absolute Gasteiger partial charge is 0.313 e. The Morgan fingerprint density at radius 2 is 1.16 bits per heavy atom. The minimum atomic E-state index is -5.65. The van der Waals surface area contributed by atoms with E-state index in [4.69, 9.17) is 68.2 Å². The lowest BCUT2D eigenvalue weighted by molar-refractivity contribution is -0.180. The number of nitrogens with zero attached hydrogens (tertiary/aromatic N) is 3. The summed E-state index contributed by atoms with van der Waals surface area (Å²) in [6.07, 6.45) is 2.50. The summed E-state index contributed by atoms with van der Waals surface area (Å²) in [5, 5.41) is 4.20. The lowest BCUT2D eigenvalue weighted by Crippen LogP contribution is -2.35. The SMILES string of the molecule is CCCN(OCC)C(=O)C1=Cc2ccc(/C(C(=NC)C(=O)NCCOCCOCCOCCOCCOCCOCCOCCOCCOCCOCCC(=O)Oc3c(F)c(F)c(S(=O)(=O)O)c(F)c3F)=C(/N)CC)cc2N=C(N)C1. The predicted molar refractivity (Wildman–Crippen MR) is 286 cm³/mol. The Balaban J connectivity index is 1.10. The second-order valence-electron chi connectivity index (χ2n) is 16.9. The summed E-state index contributed by atoms with van der Waals surface area (Å²) in [7, 11) is -4.13. The molecule has 0 saturated heterocycles. The fourth-order valence-corrected chi connectivity index (χ4v) is 7.67. The largest absolute Gasteiger partial charge is 0.420 e. The van der Waals surface area contributed by atoms with Gasteiger partial charge in [-0.25, -0.2) is 18.8 Å². The highest BCUT2D eigenvalue weighted by Crippen LogP contribution is 2.34. The third-order valence-corrected chi connectivity index (χ3v) is 11.7. The van der Waals surface area contributed by atoms with Gasteiger partial charge >= 0.3 is 16.1 Å². The number of allylic oxidation sites excluding steroid dienone is 1. The number of ether oxygens (including phenoxy) is 11. The van der Waals surface area contributed by atoms with Gasteiger partial charge in [0.1, 0.15) is 11.5 Å². The molecule has 29 heteroatoms. The van der Waals surface area contributed by atoms with E-state index in [0.717, 1.165) is 6.42 Å². The number of nitrogens with one attached hydrogen (secondary N) is 1. The normalized spacial score (nSPS) is 13.1. The van der Waals surface area contributed by atoms with Gasteiger partial charge in [0.2, 0.25) is 17.4 Å². The summed E-state index contributed by atoms with van der Waals surface area (Å²) in [6.45, 7) is 12.3. The highest BCUT2D eigenvalue weighted by Gasteiger charge is 2.34. The van der Waals surface area contributed by atoms with E-state index in [1.807, 2.05) is 32.9 Å². The zero-order chi connectivity index (χ0) is 59.4. The van der Waals surface area contributed by atoms with Gasteiger partial charge in [-0.2, -0.15) is 17.2 Å². The number of benzene rings is 2. The minimum Gasteiger partial charge on any atom is -0.420 e.